The molecule has 4 unspecified atom stereocenters. The number of ether oxygens (including phenoxy) is 1. The fraction of sp³-hybridized carbons (Fsp3) is 0.550. The van der Waals surface area contributed by atoms with E-state index in [-0.39, 0.29) is 17.1 Å². The van der Waals surface area contributed by atoms with Crippen molar-refractivity contribution in [3.63, 3.8) is 0 Å². The molecule has 0 heterocycles. The molecule has 0 aromatic heterocycles. The molecule has 150 valence electrons. The molecule has 0 aromatic rings. The van der Waals surface area contributed by atoms with Gasteiger partial charge in [0.15, 0.2) is 5.78 Å². The molecule has 0 aromatic carbocycles. The minimum absolute atomic E-state index is 0.0354. The van der Waals surface area contributed by atoms with Gasteiger partial charge in [0.05, 0.1) is 18.6 Å². The van der Waals surface area contributed by atoms with Gasteiger partial charge in [-0.25, -0.2) is 9.59 Å². The molecule has 1 aliphatic carbocycles. The second kappa shape index (κ2) is 9.62. The first-order valence-corrected chi connectivity index (χ1v) is 8.84. The lowest BCUT2D eigenvalue weighted by Gasteiger charge is -2.39. The van der Waals surface area contributed by atoms with E-state index >= 15 is 0 Å². The molecule has 0 fully saturated rings. The summed E-state index contributed by atoms with van der Waals surface area (Å²) in [6, 6.07) is 0. The van der Waals surface area contributed by atoms with Crippen LogP contribution < -0.4 is 0 Å². The third kappa shape index (κ3) is 5.37. The molecule has 0 aliphatic heterocycles. The summed E-state index contributed by atoms with van der Waals surface area (Å²) in [5, 5.41) is 29.1. The summed E-state index contributed by atoms with van der Waals surface area (Å²) >= 11 is 0. The van der Waals surface area contributed by atoms with Crippen LogP contribution >= 0.6 is 0 Å². The Balaban J connectivity index is 3.38. The predicted molar refractivity (Wildman–Crippen MR) is 98.7 cm³/mol. The standard InChI is InChI=1S/C20H28O7/c1-6-11(4)20(26)27-15-8-13(9-21)18(23)17(16(15)10(2)3)14(22)7-12(5)19(24)25/h6-8,10,14-17,21-22H,9H2,1-5H3,(H,24,25)/b11-6+,12-7+. The van der Waals surface area contributed by atoms with Crippen LogP contribution in [-0.2, 0) is 19.1 Å². The van der Waals surface area contributed by atoms with Gasteiger partial charge in [-0.2, -0.15) is 0 Å². The van der Waals surface area contributed by atoms with E-state index in [4.69, 9.17) is 9.84 Å². The minimum Gasteiger partial charge on any atom is -0.478 e. The summed E-state index contributed by atoms with van der Waals surface area (Å²) in [6.45, 7) is 7.70. The van der Waals surface area contributed by atoms with Crippen molar-refractivity contribution in [2.75, 3.05) is 6.61 Å². The molecule has 7 nitrogen and oxygen atoms in total. The number of carboxylic acid groups (broad SMARTS) is 1. The summed E-state index contributed by atoms with van der Waals surface area (Å²) in [5.41, 5.74) is 0.330. The molecule has 4 atom stereocenters. The second-order valence-corrected chi connectivity index (χ2v) is 7.05. The van der Waals surface area contributed by atoms with Crippen molar-refractivity contribution in [1.29, 1.82) is 0 Å². The second-order valence-electron chi connectivity index (χ2n) is 7.05. The molecule has 27 heavy (non-hydrogen) atoms. The molecule has 1 aliphatic rings. The van der Waals surface area contributed by atoms with E-state index in [2.05, 4.69) is 0 Å². The Morgan fingerprint density at radius 2 is 1.85 bits per heavy atom. The van der Waals surface area contributed by atoms with E-state index in [1.165, 1.54) is 13.0 Å². The van der Waals surface area contributed by atoms with Crippen molar-refractivity contribution >= 4 is 17.7 Å². The summed E-state index contributed by atoms with van der Waals surface area (Å²) in [4.78, 5) is 36.0. The molecule has 0 radical (unpaired) electrons. The van der Waals surface area contributed by atoms with Gasteiger partial charge in [0.25, 0.3) is 0 Å². The van der Waals surface area contributed by atoms with Crippen LogP contribution in [0.3, 0.4) is 0 Å². The molecule has 0 saturated carbocycles. The molecule has 3 N–H and O–H groups in total. The van der Waals surface area contributed by atoms with Crippen LogP contribution in [-0.4, -0.2) is 51.9 Å². The zero-order chi connectivity index (χ0) is 20.9. The Bertz CT molecular complexity index is 684. The van der Waals surface area contributed by atoms with Gasteiger partial charge in [0.1, 0.15) is 6.10 Å². The van der Waals surface area contributed by atoms with Crippen molar-refractivity contribution in [2.45, 2.75) is 46.8 Å². The predicted octanol–water partition coefficient (Wildman–Crippen LogP) is 1.65. The maximum Gasteiger partial charge on any atom is 0.333 e. The number of aliphatic hydroxyl groups excluding tert-OH is 2. The zero-order valence-electron chi connectivity index (χ0n) is 16.3. The molecular formula is C20H28O7. The fourth-order valence-corrected chi connectivity index (χ4v) is 3.17. The van der Waals surface area contributed by atoms with Crippen molar-refractivity contribution in [2.24, 2.45) is 17.8 Å². The highest BCUT2D eigenvalue weighted by molar-refractivity contribution is 5.99. The summed E-state index contributed by atoms with van der Waals surface area (Å²) in [5.74, 6) is -4.01. The van der Waals surface area contributed by atoms with E-state index in [0.717, 1.165) is 6.08 Å². The van der Waals surface area contributed by atoms with Gasteiger partial charge in [-0.3, -0.25) is 4.79 Å². The summed E-state index contributed by atoms with van der Waals surface area (Å²) in [6.07, 6.45) is 1.91. The molecule has 0 saturated heterocycles. The van der Waals surface area contributed by atoms with Crippen LogP contribution in [0.1, 0.15) is 34.6 Å². The normalized spacial score (nSPS) is 25.3. The average molecular weight is 380 g/mol. The van der Waals surface area contributed by atoms with E-state index in [1.807, 2.05) is 13.8 Å². The van der Waals surface area contributed by atoms with Crippen LogP contribution in [0.2, 0.25) is 0 Å². The first-order chi connectivity index (χ1) is 12.5. The SMILES string of the molecule is C/C=C(\C)C(=O)OC1C=C(CO)C(=O)C(C(O)/C=C(\C)C(=O)O)C1C(C)C. The number of Topliss-reactive ketones (excluding diaryl/α,β-unsaturated/α-hetero) is 1. The van der Waals surface area contributed by atoms with Gasteiger partial charge in [0, 0.05) is 22.6 Å². The number of carbonyl (C=O) groups excluding carboxylic acids is 2. The molecule has 0 bridgehead atoms. The Morgan fingerprint density at radius 1 is 1.26 bits per heavy atom. The number of hydrogen-bond acceptors (Lipinski definition) is 6. The minimum atomic E-state index is -1.39. The Hall–Kier alpha value is -2.25. The zero-order valence-corrected chi connectivity index (χ0v) is 16.3. The number of aliphatic carboxylic acids is 1. The fourth-order valence-electron chi connectivity index (χ4n) is 3.17. The Labute approximate surface area is 159 Å². The van der Waals surface area contributed by atoms with Crippen LogP contribution in [0.4, 0.5) is 0 Å². The topological polar surface area (TPSA) is 121 Å². The van der Waals surface area contributed by atoms with E-state index < -0.39 is 48.4 Å². The molecule has 1 rings (SSSR count). The van der Waals surface area contributed by atoms with E-state index in [1.54, 1.807) is 19.9 Å². The molecule has 7 heteroatoms. The van der Waals surface area contributed by atoms with E-state index in [9.17, 15) is 24.6 Å². The lowest BCUT2D eigenvalue weighted by atomic mass is 9.69. The maximum absolute atomic E-state index is 12.8. The van der Waals surface area contributed by atoms with Gasteiger partial charge in [-0.1, -0.05) is 19.9 Å². The number of ketones is 1. The van der Waals surface area contributed by atoms with Crippen LogP contribution in [0.5, 0.6) is 0 Å². The lowest BCUT2D eigenvalue weighted by molar-refractivity contribution is -0.150. The van der Waals surface area contributed by atoms with Gasteiger partial charge < -0.3 is 20.1 Å². The summed E-state index contributed by atoms with van der Waals surface area (Å²) < 4.78 is 5.54. The Kier molecular flexibility index (Phi) is 8.12. The quantitative estimate of drug-likeness (QED) is 0.453. The molecule has 0 amide bonds. The molecule has 0 spiro atoms. The van der Waals surface area contributed by atoms with Gasteiger partial charge >= 0.3 is 11.9 Å². The van der Waals surface area contributed by atoms with Crippen molar-refractivity contribution < 1.29 is 34.4 Å². The monoisotopic (exact) mass is 380 g/mol. The maximum atomic E-state index is 12.8. The number of carboxylic acids is 1. The van der Waals surface area contributed by atoms with Gasteiger partial charge in [0.2, 0.25) is 0 Å². The number of rotatable bonds is 7. The Morgan fingerprint density at radius 3 is 2.30 bits per heavy atom. The largest absolute Gasteiger partial charge is 0.478 e. The highest BCUT2D eigenvalue weighted by Crippen LogP contribution is 2.37. The number of allylic oxidation sites excluding steroid dienone is 1. The average Bonchev–Trinajstić information content (AvgIpc) is 2.60. The van der Waals surface area contributed by atoms with Crippen molar-refractivity contribution in [3.8, 4) is 0 Å². The van der Waals surface area contributed by atoms with Gasteiger partial charge in [-0.15, -0.1) is 0 Å². The first-order valence-electron chi connectivity index (χ1n) is 8.84. The highest BCUT2D eigenvalue weighted by Gasteiger charge is 2.45. The third-order valence-corrected chi connectivity index (χ3v) is 4.84. The van der Waals surface area contributed by atoms with Crippen LogP contribution in [0.25, 0.3) is 0 Å². The van der Waals surface area contributed by atoms with E-state index in [0.29, 0.717) is 5.57 Å². The third-order valence-electron chi connectivity index (χ3n) is 4.84. The smallest absolute Gasteiger partial charge is 0.333 e. The number of carbonyl (C=O) groups is 3. The number of esters is 1. The highest BCUT2D eigenvalue weighted by atomic mass is 16.5. The number of hydrogen-bond donors (Lipinski definition) is 3. The lowest BCUT2D eigenvalue weighted by Crippen LogP contribution is -2.47. The van der Waals surface area contributed by atoms with Crippen molar-refractivity contribution in [1.82, 2.24) is 0 Å². The first kappa shape index (κ1) is 22.8. The van der Waals surface area contributed by atoms with Crippen molar-refractivity contribution in [3.05, 3.63) is 34.9 Å². The van der Waals surface area contributed by atoms with Crippen LogP contribution in [0.15, 0.2) is 34.9 Å². The molecular weight excluding hydrogens is 352 g/mol. The number of aliphatic hydroxyl groups is 2. The van der Waals surface area contributed by atoms with Gasteiger partial charge in [-0.05, 0) is 38.8 Å². The summed E-state index contributed by atoms with van der Waals surface area (Å²) in [7, 11) is 0. The van der Waals surface area contributed by atoms with Crippen LogP contribution in [0, 0.1) is 17.8 Å².